The Morgan fingerprint density at radius 3 is 2.76 bits per heavy atom. The van der Waals surface area contributed by atoms with Crippen molar-refractivity contribution in [2.24, 2.45) is 5.73 Å². The van der Waals surface area contributed by atoms with Crippen LogP contribution in [0.4, 0.5) is 0 Å². The number of nitrogens with two attached hydrogens (primary N) is 1. The van der Waals surface area contributed by atoms with Crippen molar-refractivity contribution >= 4 is 10.0 Å². The fourth-order valence-corrected chi connectivity index (χ4v) is 4.51. The Balaban J connectivity index is 2.75. The molecule has 5 nitrogen and oxygen atoms in total. The molecule has 1 fully saturated rings. The van der Waals surface area contributed by atoms with Crippen molar-refractivity contribution in [2.45, 2.75) is 50.3 Å². The highest BCUT2D eigenvalue weighted by Gasteiger charge is 2.37. The molecule has 1 aliphatic rings. The van der Waals surface area contributed by atoms with Crippen LogP contribution >= 0.6 is 0 Å². The highest BCUT2D eigenvalue weighted by molar-refractivity contribution is 7.89. The number of nitrogens with zero attached hydrogens (tertiary/aromatic N) is 1. The van der Waals surface area contributed by atoms with Gasteiger partial charge in [-0.05, 0) is 32.1 Å². The van der Waals surface area contributed by atoms with E-state index in [9.17, 15) is 8.42 Å². The van der Waals surface area contributed by atoms with E-state index in [0.29, 0.717) is 19.4 Å². The summed E-state index contributed by atoms with van der Waals surface area (Å²) in [7, 11) is -3.25. The molecule has 3 N–H and O–H groups in total. The van der Waals surface area contributed by atoms with Gasteiger partial charge in [-0.15, -0.1) is 0 Å². The zero-order valence-electron chi connectivity index (χ0n) is 10.5. The van der Waals surface area contributed by atoms with E-state index in [-0.39, 0.29) is 19.2 Å². The van der Waals surface area contributed by atoms with Crippen LogP contribution in [0.25, 0.3) is 0 Å². The molecule has 17 heavy (non-hydrogen) atoms. The molecule has 0 aliphatic carbocycles. The van der Waals surface area contributed by atoms with Gasteiger partial charge in [0.1, 0.15) is 0 Å². The molecule has 0 radical (unpaired) electrons. The summed E-state index contributed by atoms with van der Waals surface area (Å²) in [5.41, 5.74) is 5.54. The number of hydrogen-bond acceptors (Lipinski definition) is 4. The van der Waals surface area contributed by atoms with Gasteiger partial charge in [0, 0.05) is 25.7 Å². The molecule has 1 heterocycles. The van der Waals surface area contributed by atoms with Gasteiger partial charge >= 0.3 is 0 Å². The number of aliphatic hydroxyl groups is 1. The molecular formula is C11H24N2O3S. The Morgan fingerprint density at radius 2 is 2.24 bits per heavy atom. The van der Waals surface area contributed by atoms with Gasteiger partial charge in [0.25, 0.3) is 0 Å². The Labute approximate surface area is 104 Å². The molecule has 0 aromatic heterocycles. The molecule has 0 aromatic rings. The summed E-state index contributed by atoms with van der Waals surface area (Å²) >= 11 is 0. The lowest BCUT2D eigenvalue weighted by Gasteiger charge is -2.27. The van der Waals surface area contributed by atoms with E-state index < -0.39 is 15.3 Å². The normalized spacial score (nSPS) is 24.1. The lowest BCUT2D eigenvalue weighted by Crippen LogP contribution is -2.44. The first-order valence-electron chi connectivity index (χ1n) is 6.39. The molecule has 2 unspecified atom stereocenters. The maximum absolute atomic E-state index is 12.4. The maximum atomic E-state index is 12.4. The molecule has 6 heteroatoms. The van der Waals surface area contributed by atoms with Crippen LogP contribution in [-0.4, -0.2) is 48.8 Å². The van der Waals surface area contributed by atoms with Gasteiger partial charge in [0.05, 0.1) is 5.25 Å². The van der Waals surface area contributed by atoms with Crippen molar-refractivity contribution in [3.8, 4) is 0 Å². The smallest absolute Gasteiger partial charge is 0.218 e. The second-order valence-corrected chi connectivity index (χ2v) is 6.75. The van der Waals surface area contributed by atoms with Crippen LogP contribution in [0.15, 0.2) is 0 Å². The number of aliphatic hydroxyl groups excluding tert-OH is 1. The first-order valence-corrected chi connectivity index (χ1v) is 7.89. The van der Waals surface area contributed by atoms with Crippen LogP contribution in [0.5, 0.6) is 0 Å². The minimum absolute atomic E-state index is 0.0627. The summed E-state index contributed by atoms with van der Waals surface area (Å²) in [6.07, 6.45) is 3.78. The lowest BCUT2D eigenvalue weighted by molar-refractivity contribution is 0.263. The standard InChI is InChI=1S/C11H24N2O3S/c1-2-11(9-12)17(15,16)13-7-3-5-10(13)6-4-8-14/h10-11,14H,2-9,12H2,1H3. The average molecular weight is 264 g/mol. The fourth-order valence-electron chi connectivity index (χ4n) is 2.45. The van der Waals surface area contributed by atoms with Crippen molar-refractivity contribution in [2.75, 3.05) is 19.7 Å². The van der Waals surface area contributed by atoms with Gasteiger partial charge in [0.2, 0.25) is 10.0 Å². The van der Waals surface area contributed by atoms with Gasteiger partial charge in [-0.25, -0.2) is 8.42 Å². The van der Waals surface area contributed by atoms with Gasteiger partial charge in [-0.2, -0.15) is 4.31 Å². The van der Waals surface area contributed by atoms with Crippen molar-refractivity contribution in [1.82, 2.24) is 4.31 Å². The summed E-state index contributed by atoms with van der Waals surface area (Å²) in [6, 6.07) is 0.0627. The summed E-state index contributed by atoms with van der Waals surface area (Å²) < 4.78 is 26.3. The second-order valence-electron chi connectivity index (χ2n) is 4.58. The molecule has 0 aromatic carbocycles. The first kappa shape index (κ1) is 14.9. The lowest BCUT2D eigenvalue weighted by atomic mass is 10.1. The SMILES string of the molecule is CCC(CN)S(=O)(=O)N1CCCC1CCCO. The molecule has 1 saturated heterocycles. The Hall–Kier alpha value is -0.170. The summed E-state index contributed by atoms with van der Waals surface area (Å²) in [6.45, 7) is 2.77. The van der Waals surface area contributed by atoms with Gasteiger partial charge < -0.3 is 10.8 Å². The zero-order chi connectivity index (χ0) is 12.9. The third-order valence-corrected chi connectivity index (χ3v) is 5.99. The topological polar surface area (TPSA) is 83.6 Å². The second kappa shape index (κ2) is 6.68. The van der Waals surface area contributed by atoms with Gasteiger partial charge in [0.15, 0.2) is 0 Å². The Kier molecular flexibility index (Phi) is 5.85. The summed E-state index contributed by atoms with van der Waals surface area (Å²) in [5, 5.41) is 8.37. The third kappa shape index (κ3) is 3.40. The average Bonchev–Trinajstić information content (AvgIpc) is 2.76. The number of sulfonamides is 1. The van der Waals surface area contributed by atoms with E-state index in [0.717, 1.165) is 19.3 Å². The highest BCUT2D eigenvalue weighted by Crippen LogP contribution is 2.27. The molecule has 0 saturated carbocycles. The van der Waals surface area contributed by atoms with E-state index >= 15 is 0 Å². The van der Waals surface area contributed by atoms with E-state index in [2.05, 4.69) is 0 Å². The molecular weight excluding hydrogens is 240 g/mol. The van der Waals surface area contributed by atoms with E-state index in [1.54, 1.807) is 4.31 Å². The molecule has 1 aliphatic heterocycles. The van der Waals surface area contributed by atoms with Crippen LogP contribution in [0.3, 0.4) is 0 Å². The predicted octanol–water partition coefficient (Wildman–Crippen LogP) is 0.290. The molecule has 0 bridgehead atoms. The molecule has 0 amide bonds. The van der Waals surface area contributed by atoms with E-state index in [1.807, 2.05) is 6.92 Å². The monoisotopic (exact) mass is 264 g/mol. The minimum Gasteiger partial charge on any atom is -0.396 e. The van der Waals surface area contributed by atoms with Crippen LogP contribution in [0, 0.1) is 0 Å². The number of hydrogen-bond donors (Lipinski definition) is 2. The van der Waals surface area contributed by atoms with Gasteiger partial charge in [-0.1, -0.05) is 6.92 Å². The first-order chi connectivity index (χ1) is 8.07. The third-order valence-electron chi connectivity index (χ3n) is 3.48. The van der Waals surface area contributed by atoms with Gasteiger partial charge in [-0.3, -0.25) is 0 Å². The van der Waals surface area contributed by atoms with Crippen molar-refractivity contribution in [3.05, 3.63) is 0 Å². The Morgan fingerprint density at radius 1 is 1.53 bits per heavy atom. The fraction of sp³-hybridized carbons (Fsp3) is 1.00. The quantitative estimate of drug-likeness (QED) is 0.692. The zero-order valence-corrected chi connectivity index (χ0v) is 11.3. The summed E-state index contributed by atoms with van der Waals surface area (Å²) in [4.78, 5) is 0. The predicted molar refractivity (Wildman–Crippen MR) is 68.1 cm³/mol. The van der Waals surface area contributed by atoms with E-state index in [1.165, 1.54) is 0 Å². The molecule has 2 atom stereocenters. The molecule has 1 rings (SSSR count). The summed E-state index contributed by atoms with van der Waals surface area (Å²) in [5.74, 6) is 0. The highest BCUT2D eigenvalue weighted by atomic mass is 32.2. The van der Waals surface area contributed by atoms with Crippen molar-refractivity contribution in [3.63, 3.8) is 0 Å². The minimum atomic E-state index is -3.25. The molecule has 102 valence electrons. The Bertz CT molecular complexity index is 315. The van der Waals surface area contributed by atoms with E-state index in [4.69, 9.17) is 10.8 Å². The van der Waals surface area contributed by atoms with Crippen LogP contribution < -0.4 is 5.73 Å². The molecule has 0 spiro atoms. The van der Waals surface area contributed by atoms with Crippen LogP contribution in [-0.2, 0) is 10.0 Å². The largest absolute Gasteiger partial charge is 0.396 e. The van der Waals surface area contributed by atoms with Crippen molar-refractivity contribution < 1.29 is 13.5 Å². The van der Waals surface area contributed by atoms with Crippen LogP contribution in [0.1, 0.15) is 39.0 Å². The van der Waals surface area contributed by atoms with Crippen LogP contribution in [0.2, 0.25) is 0 Å². The van der Waals surface area contributed by atoms with Crippen molar-refractivity contribution in [1.29, 1.82) is 0 Å². The number of rotatable bonds is 7. The maximum Gasteiger partial charge on any atom is 0.218 e.